The van der Waals surface area contributed by atoms with E-state index in [0.29, 0.717) is 48.7 Å². The number of imidazole rings is 1. The number of anilines is 1. The number of aryl methyl sites for hydroxylation is 1. The Morgan fingerprint density at radius 2 is 1.78 bits per heavy atom. The normalized spacial score (nSPS) is 16.2. The van der Waals surface area contributed by atoms with Crippen molar-refractivity contribution >= 4 is 38.6 Å². The first-order valence-electron chi connectivity index (χ1n) is 8.49. The second-order valence-corrected chi connectivity index (χ2v) is 8.89. The summed E-state index contributed by atoms with van der Waals surface area (Å²) < 4.78 is 26.8. The van der Waals surface area contributed by atoms with Crippen LogP contribution in [0.3, 0.4) is 0 Å². The second-order valence-electron chi connectivity index (χ2n) is 6.50. The number of hydrogen-bond donors (Lipinski definition) is 0. The number of fused-ring (bicyclic) bond motifs is 1. The van der Waals surface area contributed by atoms with Crippen molar-refractivity contribution in [2.24, 2.45) is 7.05 Å². The lowest BCUT2D eigenvalue weighted by atomic mass is 10.3. The maximum Gasteiger partial charge on any atom is 0.226 e. The number of rotatable bonds is 3. The topological polar surface area (TPSA) is 84.2 Å². The van der Waals surface area contributed by atoms with Gasteiger partial charge in [-0.05, 0) is 12.1 Å². The molecule has 1 aromatic carbocycles. The minimum Gasteiger partial charge on any atom is -0.338 e. The van der Waals surface area contributed by atoms with Gasteiger partial charge in [-0.1, -0.05) is 23.7 Å². The van der Waals surface area contributed by atoms with E-state index >= 15 is 0 Å². The van der Waals surface area contributed by atoms with E-state index in [2.05, 4.69) is 15.0 Å². The van der Waals surface area contributed by atoms with Crippen LogP contribution >= 0.6 is 11.6 Å². The van der Waals surface area contributed by atoms with Gasteiger partial charge >= 0.3 is 0 Å². The van der Waals surface area contributed by atoms with Crippen molar-refractivity contribution in [2.45, 2.75) is 0 Å². The Morgan fingerprint density at radius 3 is 2.44 bits per heavy atom. The van der Waals surface area contributed by atoms with E-state index < -0.39 is 10.0 Å². The standard InChI is InChI=1S/C17H19ClN6O2S/c1-22-14-6-4-3-5-13(14)20-16(22)15-12(18)11-19-17(21-15)23-7-9-24(10-8-23)27(2,25)26/h3-6,11H,7-10H2,1-2H3. The second kappa shape index (κ2) is 6.74. The van der Waals surface area contributed by atoms with Crippen LogP contribution in [0.15, 0.2) is 30.5 Å². The first-order valence-corrected chi connectivity index (χ1v) is 10.7. The molecule has 1 fully saturated rings. The van der Waals surface area contributed by atoms with E-state index in [1.807, 2.05) is 40.8 Å². The van der Waals surface area contributed by atoms with Crippen molar-refractivity contribution < 1.29 is 8.42 Å². The van der Waals surface area contributed by atoms with Crippen LogP contribution in [0.25, 0.3) is 22.6 Å². The molecule has 0 bridgehead atoms. The highest BCUT2D eigenvalue weighted by Crippen LogP contribution is 2.29. The molecule has 1 aliphatic rings. The minimum absolute atomic E-state index is 0.409. The highest BCUT2D eigenvalue weighted by atomic mass is 35.5. The van der Waals surface area contributed by atoms with E-state index in [1.54, 1.807) is 6.20 Å². The molecule has 1 aliphatic heterocycles. The summed E-state index contributed by atoms with van der Waals surface area (Å²) >= 11 is 6.37. The van der Waals surface area contributed by atoms with Gasteiger partial charge in [0, 0.05) is 33.2 Å². The van der Waals surface area contributed by atoms with Gasteiger partial charge in [0.25, 0.3) is 0 Å². The van der Waals surface area contributed by atoms with Crippen molar-refractivity contribution in [3.63, 3.8) is 0 Å². The fourth-order valence-corrected chi connectivity index (χ4v) is 4.25. The highest BCUT2D eigenvalue weighted by molar-refractivity contribution is 7.88. The number of piperazine rings is 1. The van der Waals surface area contributed by atoms with Gasteiger partial charge in [-0.2, -0.15) is 4.31 Å². The largest absolute Gasteiger partial charge is 0.338 e. The molecular weight excluding hydrogens is 388 g/mol. The average molecular weight is 407 g/mol. The summed E-state index contributed by atoms with van der Waals surface area (Å²) in [5.41, 5.74) is 2.42. The SMILES string of the molecule is Cn1c(-c2nc(N3CCN(S(C)(=O)=O)CC3)ncc2Cl)nc2ccccc21. The number of benzene rings is 1. The Balaban J connectivity index is 1.67. The third-order valence-electron chi connectivity index (χ3n) is 4.72. The van der Waals surface area contributed by atoms with Crippen LogP contribution < -0.4 is 4.90 Å². The van der Waals surface area contributed by atoms with Crippen LogP contribution in [0, 0.1) is 0 Å². The molecule has 0 N–H and O–H groups in total. The fourth-order valence-electron chi connectivity index (χ4n) is 3.24. The lowest BCUT2D eigenvalue weighted by Crippen LogP contribution is -2.48. The van der Waals surface area contributed by atoms with E-state index in [-0.39, 0.29) is 0 Å². The molecule has 0 radical (unpaired) electrons. The number of halogens is 1. The first-order chi connectivity index (χ1) is 12.8. The predicted octanol–water partition coefficient (Wildman–Crippen LogP) is 1.77. The van der Waals surface area contributed by atoms with Gasteiger partial charge in [-0.25, -0.2) is 23.4 Å². The Kier molecular flexibility index (Phi) is 4.53. The maximum absolute atomic E-state index is 11.7. The average Bonchev–Trinajstić information content (AvgIpc) is 2.98. The van der Waals surface area contributed by atoms with Gasteiger partial charge < -0.3 is 9.47 Å². The summed E-state index contributed by atoms with van der Waals surface area (Å²) in [6, 6.07) is 7.83. The molecular formula is C17H19ClN6O2S. The molecule has 3 aromatic rings. The van der Waals surface area contributed by atoms with E-state index in [1.165, 1.54) is 10.6 Å². The monoisotopic (exact) mass is 406 g/mol. The summed E-state index contributed by atoms with van der Waals surface area (Å²) in [4.78, 5) is 15.6. The van der Waals surface area contributed by atoms with Gasteiger partial charge in [0.1, 0.15) is 5.69 Å². The summed E-state index contributed by atoms with van der Waals surface area (Å²) in [7, 11) is -1.25. The number of sulfonamides is 1. The Morgan fingerprint density at radius 1 is 1.07 bits per heavy atom. The van der Waals surface area contributed by atoms with Gasteiger partial charge in [0.15, 0.2) is 5.82 Å². The summed E-state index contributed by atoms with van der Waals surface area (Å²) in [5, 5.41) is 0.423. The number of aromatic nitrogens is 4. The maximum atomic E-state index is 11.7. The van der Waals surface area contributed by atoms with Crippen molar-refractivity contribution in [3.8, 4) is 11.5 Å². The third kappa shape index (κ3) is 3.38. The zero-order chi connectivity index (χ0) is 19.2. The van der Waals surface area contributed by atoms with Gasteiger partial charge in [0.2, 0.25) is 16.0 Å². The van der Waals surface area contributed by atoms with Crippen molar-refractivity contribution in [2.75, 3.05) is 37.3 Å². The molecule has 142 valence electrons. The molecule has 4 rings (SSSR count). The molecule has 0 saturated carbocycles. The molecule has 10 heteroatoms. The lowest BCUT2D eigenvalue weighted by Gasteiger charge is -2.33. The number of para-hydroxylation sites is 2. The molecule has 27 heavy (non-hydrogen) atoms. The van der Waals surface area contributed by atoms with E-state index in [0.717, 1.165) is 11.0 Å². The van der Waals surface area contributed by atoms with Crippen molar-refractivity contribution in [1.29, 1.82) is 0 Å². The molecule has 1 saturated heterocycles. The molecule has 0 amide bonds. The van der Waals surface area contributed by atoms with Gasteiger partial charge in [-0.3, -0.25) is 0 Å². The quantitative estimate of drug-likeness (QED) is 0.659. The fraction of sp³-hybridized carbons (Fsp3) is 0.353. The highest BCUT2D eigenvalue weighted by Gasteiger charge is 2.25. The number of nitrogens with zero attached hydrogens (tertiary/aromatic N) is 6. The predicted molar refractivity (Wildman–Crippen MR) is 105 cm³/mol. The Hall–Kier alpha value is -2.23. The van der Waals surface area contributed by atoms with Crippen LogP contribution in [-0.2, 0) is 17.1 Å². The van der Waals surface area contributed by atoms with Crippen LogP contribution in [0.1, 0.15) is 0 Å². The summed E-state index contributed by atoms with van der Waals surface area (Å²) in [6.07, 6.45) is 2.80. The lowest BCUT2D eigenvalue weighted by molar-refractivity contribution is 0.385. The van der Waals surface area contributed by atoms with Crippen molar-refractivity contribution in [3.05, 3.63) is 35.5 Å². The minimum atomic E-state index is -3.18. The molecule has 3 heterocycles. The summed E-state index contributed by atoms with van der Waals surface area (Å²) in [6.45, 7) is 1.87. The molecule has 0 atom stereocenters. The molecule has 0 spiro atoms. The van der Waals surface area contributed by atoms with Crippen LogP contribution in [0.5, 0.6) is 0 Å². The summed E-state index contributed by atoms with van der Waals surface area (Å²) in [5.74, 6) is 1.19. The van der Waals surface area contributed by atoms with E-state index in [9.17, 15) is 8.42 Å². The van der Waals surface area contributed by atoms with Gasteiger partial charge in [-0.15, -0.1) is 0 Å². The zero-order valence-corrected chi connectivity index (χ0v) is 16.6. The molecule has 0 unspecified atom stereocenters. The zero-order valence-electron chi connectivity index (χ0n) is 15.0. The van der Waals surface area contributed by atoms with Crippen LogP contribution in [0.2, 0.25) is 5.02 Å². The first kappa shape index (κ1) is 18.1. The molecule has 2 aromatic heterocycles. The number of hydrogen-bond acceptors (Lipinski definition) is 6. The van der Waals surface area contributed by atoms with Crippen LogP contribution in [-0.4, -0.2) is 64.7 Å². The van der Waals surface area contributed by atoms with Crippen LogP contribution in [0.4, 0.5) is 5.95 Å². The Bertz CT molecular complexity index is 1110. The molecule has 0 aliphatic carbocycles. The smallest absolute Gasteiger partial charge is 0.226 e. The Labute approximate surface area is 162 Å². The van der Waals surface area contributed by atoms with Gasteiger partial charge in [0.05, 0.1) is 28.5 Å². The molecule has 8 nitrogen and oxygen atoms in total. The van der Waals surface area contributed by atoms with Crippen molar-refractivity contribution in [1.82, 2.24) is 23.8 Å². The van der Waals surface area contributed by atoms with E-state index in [4.69, 9.17) is 11.6 Å². The third-order valence-corrected chi connectivity index (χ3v) is 6.30.